The number of hydrogen-bond acceptors (Lipinski definition) is 5. The lowest BCUT2D eigenvalue weighted by molar-refractivity contribution is 0.410. The summed E-state index contributed by atoms with van der Waals surface area (Å²) in [6.07, 6.45) is 0. The van der Waals surface area contributed by atoms with Gasteiger partial charge >= 0.3 is 0 Å². The minimum Gasteiger partial charge on any atom is -0.497 e. The van der Waals surface area contributed by atoms with E-state index in [2.05, 4.69) is 9.71 Å². The third-order valence-corrected chi connectivity index (χ3v) is 5.17. The molecule has 1 aromatic heterocycles. The van der Waals surface area contributed by atoms with E-state index in [-0.39, 0.29) is 10.9 Å². The number of thiazole rings is 1. The number of hydrogen-bond donors (Lipinski definition) is 1. The fraction of sp³-hybridized carbons (Fsp3) is 0.250. The number of nitrogens with one attached hydrogen (secondary N) is 1. The van der Waals surface area contributed by atoms with Gasteiger partial charge in [-0.25, -0.2) is 17.8 Å². The van der Waals surface area contributed by atoms with Crippen molar-refractivity contribution in [2.75, 3.05) is 11.8 Å². The molecule has 0 saturated carbocycles. The predicted molar refractivity (Wildman–Crippen MR) is 75.3 cm³/mol. The number of anilines is 1. The third-order valence-electron chi connectivity index (χ3n) is 2.68. The van der Waals surface area contributed by atoms with Crippen molar-refractivity contribution >= 4 is 26.5 Å². The maximum atomic E-state index is 13.8. The Morgan fingerprint density at radius 1 is 1.35 bits per heavy atom. The maximum Gasteiger partial charge on any atom is 0.266 e. The molecule has 2 rings (SSSR count). The topological polar surface area (TPSA) is 68.3 Å². The summed E-state index contributed by atoms with van der Waals surface area (Å²) in [5.41, 5.74) is 0.739. The van der Waals surface area contributed by atoms with Crippen LogP contribution >= 0.6 is 11.3 Å². The summed E-state index contributed by atoms with van der Waals surface area (Å²) in [6, 6.07) is 3.56. The predicted octanol–water partition coefficient (Wildman–Crippen LogP) is 2.71. The van der Waals surface area contributed by atoms with Crippen molar-refractivity contribution in [3.05, 3.63) is 34.6 Å². The second-order valence-corrected chi connectivity index (χ2v) is 6.92. The average molecular weight is 316 g/mol. The number of ether oxygens (including phenoxy) is 1. The Kier molecular flexibility index (Phi) is 3.96. The Morgan fingerprint density at radius 2 is 2.05 bits per heavy atom. The van der Waals surface area contributed by atoms with E-state index in [9.17, 15) is 12.8 Å². The molecule has 0 fully saturated rings. The molecule has 0 spiro atoms. The normalized spacial score (nSPS) is 11.4. The zero-order valence-corrected chi connectivity index (χ0v) is 12.7. The SMILES string of the molecule is COc1ccc(S(=O)(=O)Nc2nc(C)c(C)s2)c(F)c1. The van der Waals surface area contributed by atoms with Crippen molar-refractivity contribution in [1.29, 1.82) is 0 Å². The standard InChI is InChI=1S/C12H13FN2O3S2/c1-7-8(2)19-12(14-7)15-20(16,17)11-5-4-9(18-3)6-10(11)13/h4-6H,1-3H3,(H,14,15). The molecule has 0 atom stereocenters. The van der Waals surface area contributed by atoms with E-state index in [0.29, 0.717) is 0 Å². The minimum atomic E-state index is -4.01. The smallest absolute Gasteiger partial charge is 0.266 e. The number of methoxy groups -OCH3 is 1. The second kappa shape index (κ2) is 5.37. The van der Waals surface area contributed by atoms with Gasteiger partial charge in [-0.3, -0.25) is 4.72 Å². The van der Waals surface area contributed by atoms with Crippen LogP contribution in [0.1, 0.15) is 10.6 Å². The van der Waals surface area contributed by atoms with Crippen LogP contribution in [-0.2, 0) is 10.0 Å². The molecule has 0 bridgehead atoms. The first-order valence-corrected chi connectivity index (χ1v) is 7.94. The number of nitrogens with zero attached hydrogens (tertiary/aromatic N) is 1. The first-order chi connectivity index (χ1) is 9.33. The van der Waals surface area contributed by atoms with E-state index >= 15 is 0 Å². The van der Waals surface area contributed by atoms with Gasteiger partial charge in [0, 0.05) is 10.9 Å². The molecule has 0 aliphatic rings. The number of sulfonamides is 1. The molecule has 5 nitrogen and oxygen atoms in total. The molecule has 0 saturated heterocycles. The van der Waals surface area contributed by atoms with Crippen molar-refractivity contribution in [2.24, 2.45) is 0 Å². The van der Waals surface area contributed by atoms with E-state index in [0.717, 1.165) is 22.7 Å². The van der Waals surface area contributed by atoms with Gasteiger partial charge in [-0.1, -0.05) is 0 Å². The van der Waals surface area contributed by atoms with Crippen LogP contribution in [0.15, 0.2) is 23.1 Å². The molecule has 0 radical (unpaired) electrons. The van der Waals surface area contributed by atoms with Gasteiger partial charge in [0.2, 0.25) is 0 Å². The number of aromatic nitrogens is 1. The van der Waals surface area contributed by atoms with Crippen LogP contribution in [-0.4, -0.2) is 20.5 Å². The van der Waals surface area contributed by atoms with E-state index in [4.69, 9.17) is 4.74 Å². The van der Waals surface area contributed by atoms with Crippen LogP contribution in [0.3, 0.4) is 0 Å². The van der Waals surface area contributed by atoms with Gasteiger partial charge in [-0.05, 0) is 26.0 Å². The lowest BCUT2D eigenvalue weighted by Gasteiger charge is -2.07. The summed E-state index contributed by atoms with van der Waals surface area (Å²) in [4.78, 5) is 4.53. The van der Waals surface area contributed by atoms with Crippen LogP contribution in [0.25, 0.3) is 0 Å². The number of rotatable bonds is 4. The van der Waals surface area contributed by atoms with E-state index < -0.39 is 20.7 Å². The Morgan fingerprint density at radius 3 is 2.55 bits per heavy atom. The van der Waals surface area contributed by atoms with Gasteiger partial charge in [0.15, 0.2) is 5.13 Å². The fourth-order valence-corrected chi connectivity index (χ4v) is 3.62. The maximum absolute atomic E-state index is 13.8. The summed E-state index contributed by atoms with van der Waals surface area (Å²) < 4.78 is 45.1. The van der Waals surface area contributed by atoms with Crippen LogP contribution in [0, 0.1) is 19.7 Å². The molecule has 0 amide bonds. The van der Waals surface area contributed by atoms with Crippen molar-refractivity contribution in [3.8, 4) is 5.75 Å². The highest BCUT2D eigenvalue weighted by Gasteiger charge is 2.21. The number of benzene rings is 1. The van der Waals surface area contributed by atoms with Crippen molar-refractivity contribution in [3.63, 3.8) is 0 Å². The van der Waals surface area contributed by atoms with Gasteiger partial charge < -0.3 is 4.74 Å². The van der Waals surface area contributed by atoms with Gasteiger partial charge in [0.1, 0.15) is 16.5 Å². The van der Waals surface area contributed by atoms with E-state index in [1.165, 1.54) is 24.5 Å². The molecule has 8 heteroatoms. The van der Waals surface area contributed by atoms with Crippen LogP contribution in [0.5, 0.6) is 5.75 Å². The Balaban J connectivity index is 2.35. The Hall–Kier alpha value is -1.67. The average Bonchev–Trinajstić information content (AvgIpc) is 2.66. The van der Waals surface area contributed by atoms with Crippen molar-refractivity contribution < 1.29 is 17.5 Å². The molecule has 0 aliphatic carbocycles. The van der Waals surface area contributed by atoms with Crippen molar-refractivity contribution in [2.45, 2.75) is 18.7 Å². The van der Waals surface area contributed by atoms with E-state index in [1.807, 2.05) is 6.92 Å². The van der Waals surface area contributed by atoms with E-state index in [1.54, 1.807) is 6.92 Å². The highest BCUT2D eigenvalue weighted by atomic mass is 32.2. The number of halogens is 1. The minimum absolute atomic E-state index is 0.218. The van der Waals surface area contributed by atoms with Crippen molar-refractivity contribution in [1.82, 2.24) is 4.98 Å². The molecule has 0 aliphatic heterocycles. The number of aryl methyl sites for hydroxylation is 2. The fourth-order valence-electron chi connectivity index (χ4n) is 1.51. The van der Waals surface area contributed by atoms with Crippen LogP contribution < -0.4 is 9.46 Å². The molecular formula is C12H13FN2O3S2. The molecule has 0 unspecified atom stereocenters. The summed E-state index contributed by atoms with van der Waals surface area (Å²) in [7, 11) is -2.63. The van der Waals surface area contributed by atoms with Gasteiger partial charge in [-0.2, -0.15) is 0 Å². The second-order valence-electron chi connectivity index (χ2n) is 4.06. The summed E-state index contributed by atoms with van der Waals surface area (Å²) in [5.74, 6) is -0.621. The molecular weight excluding hydrogens is 303 g/mol. The summed E-state index contributed by atoms with van der Waals surface area (Å²) in [5, 5.41) is 0.218. The van der Waals surface area contributed by atoms with Gasteiger partial charge in [0.25, 0.3) is 10.0 Å². The first kappa shape index (κ1) is 14.7. The summed E-state index contributed by atoms with van der Waals surface area (Å²) >= 11 is 1.20. The van der Waals surface area contributed by atoms with Crippen LogP contribution in [0.2, 0.25) is 0 Å². The third kappa shape index (κ3) is 2.91. The molecule has 1 N–H and O–H groups in total. The highest BCUT2D eigenvalue weighted by Crippen LogP contribution is 2.26. The monoisotopic (exact) mass is 316 g/mol. The first-order valence-electron chi connectivity index (χ1n) is 5.64. The zero-order valence-electron chi connectivity index (χ0n) is 11.1. The Bertz CT molecular complexity index is 722. The lowest BCUT2D eigenvalue weighted by Crippen LogP contribution is -2.14. The van der Waals surface area contributed by atoms with Crippen LogP contribution in [0.4, 0.5) is 9.52 Å². The highest BCUT2D eigenvalue weighted by molar-refractivity contribution is 7.93. The molecule has 1 heterocycles. The van der Waals surface area contributed by atoms with Gasteiger partial charge in [-0.15, -0.1) is 11.3 Å². The largest absolute Gasteiger partial charge is 0.497 e. The molecule has 108 valence electrons. The van der Waals surface area contributed by atoms with Gasteiger partial charge in [0.05, 0.1) is 12.8 Å². The molecule has 1 aromatic carbocycles. The zero-order chi connectivity index (χ0) is 14.9. The Labute approximate surface area is 120 Å². The summed E-state index contributed by atoms with van der Waals surface area (Å²) in [6.45, 7) is 3.61. The molecule has 20 heavy (non-hydrogen) atoms. The molecule has 2 aromatic rings. The quantitative estimate of drug-likeness (QED) is 0.941. The lowest BCUT2D eigenvalue weighted by atomic mass is 10.3.